The summed E-state index contributed by atoms with van der Waals surface area (Å²) in [5.74, 6) is 0.758. The highest BCUT2D eigenvalue weighted by atomic mass is 32.2. The number of sulfone groups is 1. The first kappa shape index (κ1) is 18.4. The molecule has 130 valence electrons. The lowest BCUT2D eigenvalue weighted by Crippen LogP contribution is -2.41. The fourth-order valence-electron chi connectivity index (χ4n) is 2.58. The van der Waals surface area contributed by atoms with Gasteiger partial charge >= 0.3 is 0 Å². The van der Waals surface area contributed by atoms with Gasteiger partial charge in [-0.05, 0) is 13.5 Å². The number of likely N-dealkylation sites (N-methyl/N-ethyl adjacent to an activating group) is 2. The summed E-state index contributed by atoms with van der Waals surface area (Å²) in [6.45, 7) is 4.92. The van der Waals surface area contributed by atoms with Crippen molar-refractivity contribution in [2.45, 2.75) is 38.8 Å². The molecule has 0 aliphatic carbocycles. The molecule has 1 aliphatic heterocycles. The molecule has 0 N–H and O–H groups in total. The third-order valence-corrected chi connectivity index (χ3v) is 7.05. The molecular weight excluding hydrogens is 334 g/mol. The SMILES string of the molecule is CC(C)c1nc(CN(C)C(=O)CN(C)[C@@H]2CCS(=O)(=O)C2)cs1. The summed E-state index contributed by atoms with van der Waals surface area (Å²) in [7, 11) is 0.651. The van der Waals surface area contributed by atoms with Gasteiger partial charge in [-0.1, -0.05) is 13.8 Å². The molecule has 0 bridgehead atoms. The second-order valence-corrected chi connectivity index (χ2v) is 9.67. The number of carbonyl (C=O) groups is 1. The van der Waals surface area contributed by atoms with Crippen LogP contribution in [0.4, 0.5) is 0 Å². The molecule has 1 atom stereocenters. The van der Waals surface area contributed by atoms with Gasteiger partial charge in [-0.25, -0.2) is 13.4 Å². The van der Waals surface area contributed by atoms with Crippen LogP contribution in [0, 0.1) is 0 Å². The normalized spacial score (nSPS) is 20.3. The molecule has 0 spiro atoms. The summed E-state index contributed by atoms with van der Waals surface area (Å²) in [4.78, 5) is 20.4. The highest BCUT2D eigenvalue weighted by molar-refractivity contribution is 7.91. The number of aromatic nitrogens is 1. The maximum atomic E-state index is 12.3. The molecule has 23 heavy (non-hydrogen) atoms. The number of thiazole rings is 1. The van der Waals surface area contributed by atoms with E-state index in [0.29, 0.717) is 18.9 Å². The smallest absolute Gasteiger partial charge is 0.236 e. The third-order valence-electron chi connectivity index (χ3n) is 4.10. The van der Waals surface area contributed by atoms with Crippen LogP contribution in [0.1, 0.15) is 36.9 Å². The van der Waals surface area contributed by atoms with E-state index in [1.54, 1.807) is 23.3 Å². The zero-order valence-electron chi connectivity index (χ0n) is 14.2. The monoisotopic (exact) mass is 359 g/mol. The van der Waals surface area contributed by atoms with Crippen molar-refractivity contribution < 1.29 is 13.2 Å². The number of rotatable bonds is 6. The first-order chi connectivity index (χ1) is 10.7. The Bertz CT molecular complexity index is 655. The maximum absolute atomic E-state index is 12.3. The van der Waals surface area contributed by atoms with E-state index < -0.39 is 9.84 Å². The lowest BCUT2D eigenvalue weighted by Gasteiger charge is -2.25. The van der Waals surface area contributed by atoms with Crippen LogP contribution in [-0.2, 0) is 21.2 Å². The first-order valence-electron chi connectivity index (χ1n) is 7.77. The quantitative estimate of drug-likeness (QED) is 0.767. The van der Waals surface area contributed by atoms with Gasteiger partial charge < -0.3 is 4.90 Å². The van der Waals surface area contributed by atoms with Crippen LogP contribution in [0.5, 0.6) is 0 Å². The van der Waals surface area contributed by atoms with Crippen LogP contribution < -0.4 is 0 Å². The summed E-state index contributed by atoms with van der Waals surface area (Å²) in [6, 6.07) is -0.0517. The highest BCUT2D eigenvalue weighted by Crippen LogP contribution is 2.20. The van der Waals surface area contributed by atoms with Crippen molar-refractivity contribution in [2.24, 2.45) is 0 Å². The molecule has 1 aromatic heterocycles. The van der Waals surface area contributed by atoms with Crippen LogP contribution in [0.3, 0.4) is 0 Å². The second-order valence-electron chi connectivity index (χ2n) is 6.55. The minimum Gasteiger partial charge on any atom is -0.339 e. The maximum Gasteiger partial charge on any atom is 0.236 e. The topological polar surface area (TPSA) is 70.6 Å². The Morgan fingerprint density at radius 3 is 2.65 bits per heavy atom. The van der Waals surface area contributed by atoms with Gasteiger partial charge in [0.2, 0.25) is 5.91 Å². The van der Waals surface area contributed by atoms with Crippen molar-refractivity contribution in [3.05, 3.63) is 16.1 Å². The second kappa shape index (κ2) is 7.27. The van der Waals surface area contributed by atoms with E-state index in [9.17, 15) is 13.2 Å². The van der Waals surface area contributed by atoms with Crippen molar-refractivity contribution in [1.82, 2.24) is 14.8 Å². The zero-order chi connectivity index (χ0) is 17.2. The van der Waals surface area contributed by atoms with E-state index >= 15 is 0 Å². The van der Waals surface area contributed by atoms with Gasteiger partial charge in [0.25, 0.3) is 0 Å². The molecule has 0 saturated carbocycles. The molecule has 2 rings (SSSR count). The van der Waals surface area contributed by atoms with Gasteiger partial charge in [-0.15, -0.1) is 11.3 Å². The summed E-state index contributed by atoms with van der Waals surface area (Å²) in [5.41, 5.74) is 0.903. The van der Waals surface area contributed by atoms with Gasteiger partial charge in [-0.3, -0.25) is 9.69 Å². The van der Waals surface area contributed by atoms with Gasteiger partial charge in [0.1, 0.15) is 0 Å². The molecule has 0 aromatic carbocycles. The summed E-state index contributed by atoms with van der Waals surface area (Å²) < 4.78 is 23.1. The minimum absolute atomic E-state index is 0.0177. The van der Waals surface area contributed by atoms with E-state index in [1.807, 2.05) is 17.3 Å². The molecule has 1 saturated heterocycles. The fourth-order valence-corrected chi connectivity index (χ4v) is 5.21. The van der Waals surface area contributed by atoms with Gasteiger partial charge in [0.15, 0.2) is 9.84 Å². The lowest BCUT2D eigenvalue weighted by molar-refractivity contribution is -0.131. The molecule has 0 radical (unpaired) electrons. The van der Waals surface area contributed by atoms with E-state index in [0.717, 1.165) is 10.7 Å². The van der Waals surface area contributed by atoms with Crippen LogP contribution in [0.2, 0.25) is 0 Å². The summed E-state index contributed by atoms with van der Waals surface area (Å²) >= 11 is 1.62. The third kappa shape index (κ3) is 4.99. The predicted molar refractivity (Wildman–Crippen MR) is 92.4 cm³/mol. The highest BCUT2D eigenvalue weighted by Gasteiger charge is 2.31. The predicted octanol–water partition coefficient (Wildman–Crippen LogP) is 1.34. The largest absolute Gasteiger partial charge is 0.339 e. The molecule has 1 fully saturated rings. The summed E-state index contributed by atoms with van der Waals surface area (Å²) in [6.07, 6.45) is 0.611. The Kier molecular flexibility index (Phi) is 5.80. The van der Waals surface area contributed by atoms with Crippen LogP contribution in [-0.4, -0.2) is 67.3 Å². The van der Waals surface area contributed by atoms with Crippen molar-refractivity contribution in [3.8, 4) is 0 Å². The zero-order valence-corrected chi connectivity index (χ0v) is 15.8. The number of nitrogens with zero attached hydrogens (tertiary/aromatic N) is 3. The first-order valence-corrected chi connectivity index (χ1v) is 10.5. The Balaban J connectivity index is 1.87. The molecule has 0 unspecified atom stereocenters. The Morgan fingerprint density at radius 2 is 2.13 bits per heavy atom. The lowest BCUT2D eigenvalue weighted by atomic mass is 10.2. The van der Waals surface area contributed by atoms with E-state index in [1.165, 1.54) is 0 Å². The number of hydrogen-bond donors (Lipinski definition) is 0. The number of carbonyl (C=O) groups excluding carboxylic acids is 1. The van der Waals surface area contributed by atoms with Crippen molar-refractivity contribution in [2.75, 3.05) is 32.1 Å². The van der Waals surface area contributed by atoms with Crippen LogP contribution >= 0.6 is 11.3 Å². The molecule has 8 heteroatoms. The average molecular weight is 360 g/mol. The number of amides is 1. The fraction of sp³-hybridized carbons (Fsp3) is 0.733. The van der Waals surface area contributed by atoms with E-state index in [2.05, 4.69) is 18.8 Å². The van der Waals surface area contributed by atoms with Gasteiger partial charge in [0, 0.05) is 24.4 Å². The Labute approximate surface area is 142 Å². The van der Waals surface area contributed by atoms with Crippen molar-refractivity contribution in [1.29, 1.82) is 0 Å². The van der Waals surface area contributed by atoms with Crippen molar-refractivity contribution in [3.63, 3.8) is 0 Å². The Hall–Kier alpha value is -0.990. The molecular formula is C15H25N3O3S2. The van der Waals surface area contributed by atoms with Crippen LogP contribution in [0.15, 0.2) is 5.38 Å². The minimum atomic E-state index is -2.93. The molecule has 1 aliphatic rings. The summed E-state index contributed by atoms with van der Waals surface area (Å²) in [5, 5.41) is 3.07. The molecule has 6 nitrogen and oxygen atoms in total. The average Bonchev–Trinajstić information content (AvgIpc) is 3.05. The molecule has 1 amide bonds. The van der Waals surface area contributed by atoms with Gasteiger partial charge in [0.05, 0.1) is 35.3 Å². The van der Waals surface area contributed by atoms with Crippen LogP contribution in [0.25, 0.3) is 0 Å². The van der Waals surface area contributed by atoms with E-state index in [-0.39, 0.29) is 30.0 Å². The number of hydrogen-bond acceptors (Lipinski definition) is 6. The van der Waals surface area contributed by atoms with Gasteiger partial charge in [-0.2, -0.15) is 0 Å². The Morgan fingerprint density at radius 1 is 1.43 bits per heavy atom. The standard InChI is InChI=1S/C15H25N3O3S2/c1-11(2)15-16-12(9-22-15)7-18(4)14(19)8-17(3)13-5-6-23(20,21)10-13/h9,11,13H,5-8,10H2,1-4H3/t13-/m1/s1. The van der Waals surface area contributed by atoms with E-state index in [4.69, 9.17) is 0 Å². The molecule has 1 aromatic rings. The van der Waals surface area contributed by atoms with Crippen molar-refractivity contribution >= 4 is 27.1 Å². The molecule has 2 heterocycles.